The smallest absolute Gasteiger partial charge is 0.419 e. The zero-order valence-corrected chi connectivity index (χ0v) is 25.0. The topological polar surface area (TPSA) is 93.8 Å². The minimum Gasteiger partial charge on any atom is -0.446 e. The lowest BCUT2D eigenvalue weighted by molar-refractivity contribution is 0.0611. The maximum absolute atomic E-state index is 13.0. The van der Waals surface area contributed by atoms with Crippen molar-refractivity contribution in [2.75, 3.05) is 26.4 Å². The Hall–Kier alpha value is -5.51. The van der Waals surface area contributed by atoms with Crippen molar-refractivity contribution in [2.24, 2.45) is 0 Å². The number of hydrogen-bond acceptors (Lipinski definition) is 7. The first kappa shape index (κ1) is 29.2. The van der Waals surface area contributed by atoms with Gasteiger partial charge in [-0.1, -0.05) is 78.9 Å². The molecule has 0 N–H and O–H groups in total. The summed E-state index contributed by atoms with van der Waals surface area (Å²) in [6.45, 7) is 1.19. The molecule has 7 rings (SSSR count). The molecule has 3 heterocycles. The third-order valence-electron chi connectivity index (χ3n) is 7.80. The van der Waals surface area contributed by atoms with Crippen LogP contribution in [0.4, 0.5) is 9.59 Å². The molecule has 0 atom stereocenters. The summed E-state index contributed by atoms with van der Waals surface area (Å²) < 4.78 is 25.8. The molecule has 9 nitrogen and oxygen atoms in total. The number of carbonyl (C=O) groups excluding carboxylic acids is 2. The third-order valence-corrected chi connectivity index (χ3v) is 7.80. The Morgan fingerprint density at radius 1 is 0.457 bits per heavy atom. The van der Waals surface area contributed by atoms with E-state index in [0.29, 0.717) is 0 Å². The summed E-state index contributed by atoms with van der Waals surface area (Å²) in [4.78, 5) is 30.6. The maximum Gasteiger partial charge on any atom is 0.419 e. The summed E-state index contributed by atoms with van der Waals surface area (Å²) in [7, 11) is 0. The van der Waals surface area contributed by atoms with Crippen LogP contribution in [0.3, 0.4) is 0 Å². The molecule has 230 valence electrons. The second-order valence-corrected chi connectivity index (χ2v) is 10.7. The molecule has 0 aliphatic carbocycles. The maximum atomic E-state index is 13.0. The van der Waals surface area contributed by atoms with Gasteiger partial charge in [0.25, 0.3) is 0 Å². The first-order chi connectivity index (χ1) is 22.7. The highest BCUT2D eigenvalue weighted by Crippen LogP contribution is 2.30. The van der Waals surface area contributed by atoms with Gasteiger partial charge in [-0.15, -0.1) is 0 Å². The van der Waals surface area contributed by atoms with Crippen molar-refractivity contribution in [3.63, 3.8) is 0 Å². The fraction of sp³-hybridized carbons (Fsp3) is 0.162. The predicted molar refractivity (Wildman–Crippen MR) is 176 cm³/mol. The van der Waals surface area contributed by atoms with Crippen LogP contribution >= 0.6 is 0 Å². The zero-order chi connectivity index (χ0) is 31.3. The van der Waals surface area contributed by atoms with Gasteiger partial charge in [0.1, 0.15) is 13.2 Å². The van der Waals surface area contributed by atoms with Crippen LogP contribution in [0.2, 0.25) is 0 Å². The van der Waals surface area contributed by atoms with E-state index in [9.17, 15) is 9.59 Å². The SMILES string of the molecule is O=C(OCCOCc1cccc(COCCOC(=O)n2c3ccccc3c3ccccc32)n1)n1c2ccccc2c2ccccc21. The second kappa shape index (κ2) is 13.2. The largest absolute Gasteiger partial charge is 0.446 e. The number of para-hydroxylation sites is 4. The van der Waals surface area contributed by atoms with Crippen molar-refractivity contribution in [1.29, 1.82) is 0 Å². The molecule has 7 aromatic rings. The molecular weight excluding hydrogens is 582 g/mol. The van der Waals surface area contributed by atoms with Crippen LogP contribution in [0, 0.1) is 0 Å². The molecule has 0 saturated carbocycles. The third kappa shape index (κ3) is 5.81. The van der Waals surface area contributed by atoms with E-state index in [4.69, 9.17) is 18.9 Å². The number of nitrogens with zero attached hydrogens (tertiary/aromatic N) is 3. The molecule has 0 radical (unpaired) electrons. The van der Waals surface area contributed by atoms with Crippen LogP contribution in [-0.4, -0.2) is 52.7 Å². The van der Waals surface area contributed by atoms with Gasteiger partial charge in [0.05, 0.1) is 59.9 Å². The number of aromatic nitrogens is 3. The van der Waals surface area contributed by atoms with Crippen molar-refractivity contribution in [2.45, 2.75) is 13.2 Å². The Morgan fingerprint density at radius 3 is 1.17 bits per heavy atom. The molecule has 0 aliphatic heterocycles. The van der Waals surface area contributed by atoms with E-state index in [2.05, 4.69) is 4.98 Å². The highest BCUT2D eigenvalue weighted by Gasteiger charge is 2.17. The predicted octanol–water partition coefficient (Wildman–Crippen LogP) is 7.70. The minimum absolute atomic E-state index is 0.107. The Morgan fingerprint density at radius 2 is 0.804 bits per heavy atom. The van der Waals surface area contributed by atoms with Gasteiger partial charge >= 0.3 is 12.2 Å². The molecule has 0 amide bonds. The Kier molecular flexibility index (Phi) is 8.40. The van der Waals surface area contributed by atoms with Crippen LogP contribution in [0.15, 0.2) is 115 Å². The van der Waals surface area contributed by atoms with E-state index in [1.165, 1.54) is 0 Å². The standard InChI is InChI=1S/C37H31N3O6/c41-36(39-32-16-5-1-12-28(32)29-13-2-6-17-33(29)39)45-22-20-43-24-26-10-9-11-27(38-26)25-44-21-23-46-37(42)40-34-18-7-3-14-30(34)31-15-4-8-19-35(31)40/h1-19H,20-25H2. The average Bonchev–Trinajstić information content (AvgIpc) is 3.61. The van der Waals surface area contributed by atoms with Gasteiger partial charge in [-0.2, -0.15) is 0 Å². The minimum atomic E-state index is -0.445. The highest BCUT2D eigenvalue weighted by molar-refractivity contribution is 6.13. The van der Waals surface area contributed by atoms with E-state index in [1.807, 2.05) is 115 Å². The number of benzene rings is 4. The van der Waals surface area contributed by atoms with Gasteiger partial charge in [-0.3, -0.25) is 4.98 Å². The molecule has 9 heteroatoms. The van der Waals surface area contributed by atoms with Gasteiger partial charge < -0.3 is 18.9 Å². The molecule has 0 spiro atoms. The Balaban J connectivity index is 0.859. The van der Waals surface area contributed by atoms with Crippen molar-refractivity contribution < 1.29 is 28.5 Å². The van der Waals surface area contributed by atoms with E-state index in [1.54, 1.807) is 9.13 Å². The molecule has 46 heavy (non-hydrogen) atoms. The quantitative estimate of drug-likeness (QED) is 0.146. The number of ether oxygens (including phenoxy) is 4. The van der Waals surface area contributed by atoms with Crippen molar-refractivity contribution in [3.8, 4) is 0 Å². The lowest BCUT2D eigenvalue weighted by atomic mass is 10.2. The lowest BCUT2D eigenvalue weighted by Crippen LogP contribution is -2.17. The summed E-state index contributed by atoms with van der Waals surface area (Å²) in [6, 6.07) is 36.7. The van der Waals surface area contributed by atoms with Crippen LogP contribution in [0.25, 0.3) is 43.6 Å². The number of hydrogen-bond donors (Lipinski definition) is 0. The van der Waals surface area contributed by atoms with Crippen LogP contribution < -0.4 is 0 Å². The Labute approximate surface area is 264 Å². The van der Waals surface area contributed by atoms with Gasteiger partial charge in [-0.05, 0) is 36.4 Å². The van der Waals surface area contributed by atoms with Gasteiger partial charge in [0.15, 0.2) is 0 Å². The summed E-state index contributed by atoms with van der Waals surface area (Å²) in [6.07, 6.45) is -0.891. The molecule has 0 bridgehead atoms. The molecule has 0 saturated heterocycles. The summed E-state index contributed by atoms with van der Waals surface area (Å²) in [5, 5.41) is 4.01. The monoisotopic (exact) mass is 613 g/mol. The van der Waals surface area contributed by atoms with Gasteiger partial charge in [-0.25, -0.2) is 18.7 Å². The van der Waals surface area contributed by atoms with Crippen molar-refractivity contribution in [3.05, 3.63) is 127 Å². The number of carbonyl (C=O) groups is 2. The van der Waals surface area contributed by atoms with Gasteiger partial charge in [0.2, 0.25) is 0 Å². The van der Waals surface area contributed by atoms with E-state index >= 15 is 0 Å². The molecular formula is C37H31N3O6. The summed E-state index contributed by atoms with van der Waals surface area (Å²) in [5.41, 5.74) is 4.68. The fourth-order valence-corrected chi connectivity index (χ4v) is 5.79. The summed E-state index contributed by atoms with van der Waals surface area (Å²) >= 11 is 0. The van der Waals surface area contributed by atoms with Crippen molar-refractivity contribution >= 4 is 55.8 Å². The molecule has 0 unspecified atom stereocenters. The molecule has 4 aromatic carbocycles. The second-order valence-electron chi connectivity index (χ2n) is 10.7. The van der Waals surface area contributed by atoms with E-state index in [0.717, 1.165) is 55.0 Å². The lowest BCUT2D eigenvalue weighted by Gasteiger charge is -2.10. The number of pyridine rings is 1. The summed E-state index contributed by atoms with van der Waals surface area (Å²) in [5.74, 6) is 0. The van der Waals surface area contributed by atoms with Crippen LogP contribution in [0.5, 0.6) is 0 Å². The van der Waals surface area contributed by atoms with Gasteiger partial charge in [0, 0.05) is 21.5 Å². The zero-order valence-electron chi connectivity index (χ0n) is 25.0. The first-order valence-corrected chi connectivity index (χ1v) is 15.1. The average molecular weight is 614 g/mol. The van der Waals surface area contributed by atoms with E-state index < -0.39 is 12.2 Å². The molecule has 0 fully saturated rings. The van der Waals surface area contributed by atoms with E-state index in [-0.39, 0.29) is 39.6 Å². The fourth-order valence-electron chi connectivity index (χ4n) is 5.79. The van der Waals surface area contributed by atoms with Crippen LogP contribution in [0.1, 0.15) is 11.4 Å². The Bertz CT molecular complexity index is 1930. The van der Waals surface area contributed by atoms with Crippen LogP contribution in [-0.2, 0) is 32.2 Å². The highest BCUT2D eigenvalue weighted by atomic mass is 16.6. The molecule has 0 aliphatic rings. The van der Waals surface area contributed by atoms with Crippen molar-refractivity contribution in [1.82, 2.24) is 14.1 Å². The number of rotatable bonds is 10. The first-order valence-electron chi connectivity index (χ1n) is 15.1. The molecule has 3 aromatic heterocycles. The normalized spacial score (nSPS) is 11.5. The number of fused-ring (bicyclic) bond motifs is 6.